The zero-order valence-electron chi connectivity index (χ0n) is 9.52. The lowest BCUT2D eigenvalue weighted by Crippen LogP contribution is -2.32. The van der Waals surface area contributed by atoms with Crippen LogP contribution in [0.2, 0.25) is 0 Å². The molecule has 0 N–H and O–H groups in total. The number of halogens is 6. The monoisotopic (exact) mass is 300 g/mol. The minimum atomic E-state index is -4.63. The molecule has 1 unspecified atom stereocenters. The van der Waals surface area contributed by atoms with Crippen LogP contribution >= 0.6 is 0 Å². The Morgan fingerprint density at radius 1 is 1.10 bits per heavy atom. The van der Waals surface area contributed by atoms with Crippen LogP contribution in [0.5, 0.6) is 0 Å². The molecule has 6 nitrogen and oxygen atoms in total. The summed E-state index contributed by atoms with van der Waals surface area (Å²) in [7, 11) is 0. The Morgan fingerprint density at radius 2 is 1.80 bits per heavy atom. The normalized spacial score (nSPS) is 22.7. The summed E-state index contributed by atoms with van der Waals surface area (Å²) in [6.07, 6.45) is -9.25. The number of alkyl halides is 6. The maximum Gasteiger partial charge on any atom is 0.408 e. The third-order valence-electron chi connectivity index (χ3n) is 2.28. The largest absolute Gasteiger partial charge is 0.408 e. The van der Waals surface area contributed by atoms with Crippen LogP contribution in [-0.2, 0) is 12.1 Å². The van der Waals surface area contributed by atoms with Gasteiger partial charge >= 0.3 is 12.4 Å². The predicted octanol–water partition coefficient (Wildman–Crippen LogP) is 2.44. The SMILES string of the molecule is FC(F)(F)Cn1cnc(C2(CC(F)(F)F)C=NN=N2)n1. The van der Waals surface area contributed by atoms with E-state index in [4.69, 9.17) is 0 Å². The van der Waals surface area contributed by atoms with E-state index in [-0.39, 0.29) is 0 Å². The van der Waals surface area contributed by atoms with Crippen molar-refractivity contribution >= 4 is 6.21 Å². The summed E-state index contributed by atoms with van der Waals surface area (Å²) >= 11 is 0. The highest BCUT2D eigenvalue weighted by molar-refractivity contribution is 5.72. The van der Waals surface area contributed by atoms with Gasteiger partial charge in [-0.15, -0.1) is 10.2 Å². The van der Waals surface area contributed by atoms with Gasteiger partial charge < -0.3 is 0 Å². The molecule has 1 aromatic heterocycles. The molecular weight excluding hydrogens is 294 g/mol. The van der Waals surface area contributed by atoms with Crippen molar-refractivity contribution in [1.29, 1.82) is 0 Å². The fraction of sp³-hybridized carbons (Fsp3) is 0.625. The Bertz CT molecular complexity index is 528. The van der Waals surface area contributed by atoms with Crippen LogP contribution < -0.4 is 0 Å². The number of rotatable bonds is 3. The fourth-order valence-electron chi connectivity index (χ4n) is 1.57. The van der Waals surface area contributed by atoms with Crippen LogP contribution in [0.15, 0.2) is 21.8 Å². The van der Waals surface area contributed by atoms with E-state index in [0.717, 1.165) is 6.21 Å². The van der Waals surface area contributed by atoms with E-state index in [1.807, 2.05) is 0 Å². The van der Waals surface area contributed by atoms with E-state index in [9.17, 15) is 26.3 Å². The summed E-state index contributed by atoms with van der Waals surface area (Å²) < 4.78 is 74.4. The van der Waals surface area contributed by atoms with E-state index in [2.05, 4.69) is 25.5 Å². The van der Waals surface area contributed by atoms with Crippen molar-refractivity contribution in [3.63, 3.8) is 0 Å². The second kappa shape index (κ2) is 4.52. The Kier molecular flexibility index (Phi) is 3.26. The van der Waals surface area contributed by atoms with E-state index < -0.39 is 36.7 Å². The molecule has 0 bridgehead atoms. The molecule has 0 amide bonds. The smallest absolute Gasteiger partial charge is 0.243 e. The third kappa shape index (κ3) is 3.30. The lowest BCUT2D eigenvalue weighted by atomic mass is 9.97. The number of hydrogen-bond donors (Lipinski definition) is 0. The third-order valence-corrected chi connectivity index (χ3v) is 2.28. The molecule has 1 atom stereocenters. The van der Waals surface area contributed by atoms with Crippen LogP contribution in [0.3, 0.4) is 0 Å². The first-order chi connectivity index (χ1) is 9.10. The van der Waals surface area contributed by atoms with Gasteiger partial charge in [-0.3, -0.25) is 0 Å². The van der Waals surface area contributed by atoms with Gasteiger partial charge in [0.15, 0.2) is 11.4 Å². The maximum atomic E-state index is 12.5. The molecule has 1 aromatic rings. The van der Waals surface area contributed by atoms with Crippen LogP contribution in [0, 0.1) is 0 Å². The molecule has 0 saturated carbocycles. The van der Waals surface area contributed by atoms with Gasteiger partial charge in [-0.1, -0.05) is 0 Å². The average molecular weight is 300 g/mol. The first kappa shape index (κ1) is 14.4. The van der Waals surface area contributed by atoms with Crippen molar-refractivity contribution in [1.82, 2.24) is 14.8 Å². The summed E-state index contributed by atoms with van der Waals surface area (Å²) in [4.78, 5) is 3.45. The summed E-state index contributed by atoms with van der Waals surface area (Å²) in [5.74, 6) is -0.538. The lowest BCUT2D eigenvalue weighted by Gasteiger charge is -2.19. The van der Waals surface area contributed by atoms with Crippen molar-refractivity contribution in [3.05, 3.63) is 12.2 Å². The zero-order chi connectivity index (χ0) is 15.0. The van der Waals surface area contributed by atoms with Crippen molar-refractivity contribution in [3.8, 4) is 0 Å². The van der Waals surface area contributed by atoms with E-state index in [1.165, 1.54) is 0 Å². The zero-order valence-corrected chi connectivity index (χ0v) is 9.52. The second-order valence-corrected chi connectivity index (χ2v) is 4.03. The Morgan fingerprint density at radius 3 is 2.30 bits per heavy atom. The highest BCUT2D eigenvalue weighted by Gasteiger charge is 2.48. The molecule has 12 heteroatoms. The summed E-state index contributed by atoms with van der Waals surface area (Å²) in [5.41, 5.74) is -2.10. The second-order valence-electron chi connectivity index (χ2n) is 4.03. The molecule has 0 aromatic carbocycles. The molecule has 0 fully saturated rings. The first-order valence-electron chi connectivity index (χ1n) is 5.09. The lowest BCUT2D eigenvalue weighted by molar-refractivity contribution is -0.145. The van der Waals surface area contributed by atoms with Gasteiger partial charge in [-0.05, 0) is 5.22 Å². The Balaban J connectivity index is 2.28. The van der Waals surface area contributed by atoms with Gasteiger partial charge in [-0.2, -0.15) is 31.4 Å². The number of hydrogen-bond acceptors (Lipinski definition) is 5. The molecule has 110 valence electrons. The average Bonchev–Trinajstić information content (AvgIpc) is 2.82. The highest BCUT2D eigenvalue weighted by atomic mass is 19.4. The van der Waals surface area contributed by atoms with Gasteiger partial charge in [0.05, 0.1) is 12.6 Å². The van der Waals surface area contributed by atoms with Gasteiger partial charge in [0.25, 0.3) is 0 Å². The van der Waals surface area contributed by atoms with E-state index in [1.54, 1.807) is 0 Å². The van der Waals surface area contributed by atoms with E-state index in [0.29, 0.717) is 11.0 Å². The van der Waals surface area contributed by atoms with Gasteiger partial charge in [0.1, 0.15) is 12.9 Å². The molecule has 20 heavy (non-hydrogen) atoms. The standard InChI is InChI=1S/C8H6F6N6/c9-7(10,11)1-6(2-16-19-18-6)5-15-4-20(17-5)3-8(12,13)14/h2,4H,1,3H2. The molecule has 1 aliphatic rings. The van der Waals surface area contributed by atoms with Gasteiger partial charge in [0, 0.05) is 0 Å². The Labute approximate surface area is 107 Å². The summed E-state index contributed by atoms with van der Waals surface area (Å²) in [5, 5.41) is 12.9. The first-order valence-corrected chi connectivity index (χ1v) is 5.09. The predicted molar refractivity (Wildman–Crippen MR) is 51.8 cm³/mol. The fourth-order valence-corrected chi connectivity index (χ4v) is 1.57. The van der Waals surface area contributed by atoms with Gasteiger partial charge in [0.2, 0.25) is 0 Å². The summed E-state index contributed by atoms with van der Waals surface area (Å²) in [6, 6.07) is 0. The molecule has 2 heterocycles. The Hall–Kier alpha value is -2.01. The van der Waals surface area contributed by atoms with E-state index >= 15 is 0 Å². The van der Waals surface area contributed by atoms with Crippen LogP contribution in [0.4, 0.5) is 26.3 Å². The van der Waals surface area contributed by atoms with Crippen molar-refractivity contribution < 1.29 is 26.3 Å². The molecule has 0 saturated heterocycles. The van der Waals surface area contributed by atoms with Crippen LogP contribution in [0.25, 0.3) is 0 Å². The van der Waals surface area contributed by atoms with Crippen molar-refractivity contribution in [2.45, 2.75) is 30.9 Å². The van der Waals surface area contributed by atoms with Gasteiger partial charge in [-0.25, -0.2) is 9.67 Å². The minimum Gasteiger partial charge on any atom is -0.243 e. The molecule has 2 rings (SSSR count). The molecule has 0 aliphatic carbocycles. The summed E-state index contributed by atoms with van der Waals surface area (Å²) in [6.45, 7) is -1.46. The number of nitrogens with zero attached hydrogens (tertiary/aromatic N) is 6. The minimum absolute atomic E-state index is 0.384. The molecule has 0 radical (unpaired) electrons. The van der Waals surface area contributed by atoms with Crippen molar-refractivity contribution in [2.75, 3.05) is 0 Å². The quantitative estimate of drug-likeness (QED) is 0.805. The van der Waals surface area contributed by atoms with Crippen LogP contribution in [0.1, 0.15) is 12.2 Å². The highest BCUT2D eigenvalue weighted by Crippen LogP contribution is 2.37. The van der Waals surface area contributed by atoms with Crippen molar-refractivity contribution in [2.24, 2.45) is 15.4 Å². The maximum absolute atomic E-state index is 12.5. The number of aromatic nitrogens is 3. The van der Waals surface area contributed by atoms with Crippen LogP contribution in [-0.4, -0.2) is 33.3 Å². The molecular formula is C8H6F6N6. The molecule has 1 aliphatic heterocycles. The topological polar surface area (TPSA) is 67.8 Å². The molecule has 0 spiro atoms.